The van der Waals surface area contributed by atoms with Gasteiger partial charge in [-0.25, -0.2) is 9.97 Å². The number of rotatable bonds is 4. The van der Waals surface area contributed by atoms with E-state index < -0.39 is 11.1 Å². The number of alkyl halides is 3. The van der Waals surface area contributed by atoms with Gasteiger partial charge in [0, 0.05) is 13.7 Å². The molecule has 3 aromatic rings. The van der Waals surface area contributed by atoms with Gasteiger partial charge in [0.25, 0.3) is 0 Å². The summed E-state index contributed by atoms with van der Waals surface area (Å²) in [4.78, 5) is 7.58. The fourth-order valence-corrected chi connectivity index (χ4v) is 2.94. The molecule has 22 heavy (non-hydrogen) atoms. The quantitative estimate of drug-likeness (QED) is 0.731. The van der Waals surface area contributed by atoms with Crippen LogP contribution >= 0.6 is 11.3 Å². The molecule has 0 fully saturated rings. The Morgan fingerprint density at radius 1 is 1.27 bits per heavy atom. The first-order chi connectivity index (χ1) is 10.5. The summed E-state index contributed by atoms with van der Waals surface area (Å²) in [5.41, 5.74) is 1.57. The van der Waals surface area contributed by atoms with Gasteiger partial charge >= 0.3 is 6.18 Å². The van der Waals surface area contributed by atoms with Crippen LogP contribution < -0.4 is 0 Å². The number of thiazole rings is 1. The van der Waals surface area contributed by atoms with Gasteiger partial charge < -0.3 is 9.30 Å². The van der Waals surface area contributed by atoms with E-state index in [2.05, 4.69) is 9.97 Å². The molecule has 0 amide bonds. The van der Waals surface area contributed by atoms with Gasteiger partial charge in [0.1, 0.15) is 4.88 Å². The van der Waals surface area contributed by atoms with E-state index in [9.17, 15) is 13.2 Å². The van der Waals surface area contributed by atoms with Crippen molar-refractivity contribution >= 4 is 22.4 Å². The topological polar surface area (TPSA) is 39.9 Å². The number of aromatic nitrogens is 3. The predicted molar refractivity (Wildman–Crippen MR) is 77.7 cm³/mol. The van der Waals surface area contributed by atoms with Crippen LogP contribution in [0.3, 0.4) is 0 Å². The molecule has 2 heterocycles. The maximum atomic E-state index is 12.7. The molecule has 0 radical (unpaired) electrons. The zero-order valence-corrected chi connectivity index (χ0v) is 12.4. The van der Waals surface area contributed by atoms with Crippen molar-refractivity contribution in [3.63, 3.8) is 0 Å². The number of hydrogen-bond acceptors (Lipinski definition) is 4. The molecule has 116 valence electrons. The summed E-state index contributed by atoms with van der Waals surface area (Å²) in [6, 6.07) is 7.39. The Balaban J connectivity index is 2.11. The van der Waals surface area contributed by atoms with Crippen molar-refractivity contribution in [3.05, 3.63) is 35.3 Å². The third-order valence-corrected chi connectivity index (χ3v) is 4.19. The summed E-state index contributed by atoms with van der Waals surface area (Å²) in [6.07, 6.45) is -3.54. The van der Waals surface area contributed by atoms with Gasteiger partial charge in [-0.15, -0.1) is 11.3 Å². The third kappa shape index (κ3) is 2.71. The summed E-state index contributed by atoms with van der Waals surface area (Å²) >= 11 is 0.596. The summed E-state index contributed by atoms with van der Waals surface area (Å²) < 4.78 is 45.1. The molecule has 0 bridgehead atoms. The molecule has 0 saturated carbocycles. The highest BCUT2D eigenvalue weighted by Crippen LogP contribution is 2.37. The van der Waals surface area contributed by atoms with Crippen LogP contribution in [0.5, 0.6) is 0 Å². The zero-order chi connectivity index (χ0) is 15.7. The van der Waals surface area contributed by atoms with Crippen LogP contribution in [0.25, 0.3) is 21.9 Å². The van der Waals surface area contributed by atoms with Gasteiger partial charge in [-0.05, 0) is 12.1 Å². The normalized spacial score (nSPS) is 12.2. The molecule has 3 rings (SSSR count). The number of halogens is 3. The fraction of sp³-hybridized carbons (Fsp3) is 0.286. The van der Waals surface area contributed by atoms with Crippen LogP contribution in [-0.4, -0.2) is 28.3 Å². The average molecular weight is 327 g/mol. The molecule has 1 aromatic carbocycles. The van der Waals surface area contributed by atoms with Crippen LogP contribution in [0.15, 0.2) is 30.5 Å². The van der Waals surface area contributed by atoms with Crippen LogP contribution in [0.1, 0.15) is 4.88 Å². The lowest BCUT2D eigenvalue weighted by molar-refractivity contribution is -0.134. The minimum atomic E-state index is -4.39. The smallest absolute Gasteiger partial charge is 0.383 e. The van der Waals surface area contributed by atoms with Crippen molar-refractivity contribution in [2.45, 2.75) is 12.7 Å². The number of methoxy groups -OCH3 is 1. The van der Waals surface area contributed by atoms with E-state index in [0.717, 1.165) is 17.2 Å². The summed E-state index contributed by atoms with van der Waals surface area (Å²) in [5, 5.41) is 0.250. The number of hydrogen-bond donors (Lipinski definition) is 0. The number of ether oxygens (including phenoxy) is 1. The van der Waals surface area contributed by atoms with Gasteiger partial charge in [0.2, 0.25) is 0 Å². The van der Waals surface area contributed by atoms with Gasteiger partial charge in [0.05, 0.1) is 23.8 Å². The standard InChI is InChI=1S/C14H12F3N3OS/c1-21-7-6-20-10-5-3-2-4-9(10)19-12(20)13-18-8-11(22-13)14(15,16)17/h2-5,8H,6-7H2,1H3. The third-order valence-electron chi connectivity index (χ3n) is 3.15. The van der Waals surface area contributed by atoms with Crippen LogP contribution in [0, 0.1) is 0 Å². The molecule has 0 spiro atoms. The molecule has 0 atom stereocenters. The highest BCUT2D eigenvalue weighted by Gasteiger charge is 2.34. The van der Waals surface area contributed by atoms with Crippen molar-refractivity contribution in [2.24, 2.45) is 0 Å². The van der Waals surface area contributed by atoms with Crippen molar-refractivity contribution in [1.82, 2.24) is 14.5 Å². The van der Waals surface area contributed by atoms with E-state index in [1.807, 2.05) is 28.8 Å². The number of imidazole rings is 1. The number of benzene rings is 1. The maximum Gasteiger partial charge on any atom is 0.427 e. The van der Waals surface area contributed by atoms with Crippen molar-refractivity contribution in [3.8, 4) is 10.8 Å². The molecular weight excluding hydrogens is 315 g/mol. The second-order valence-corrected chi connectivity index (χ2v) is 5.63. The summed E-state index contributed by atoms with van der Waals surface area (Å²) in [5.74, 6) is 0.429. The number of nitrogens with zero attached hydrogens (tertiary/aromatic N) is 3. The summed E-state index contributed by atoms with van der Waals surface area (Å²) in [7, 11) is 1.57. The van der Waals surface area contributed by atoms with E-state index >= 15 is 0 Å². The molecule has 2 aromatic heterocycles. The molecule has 0 aliphatic carbocycles. The molecule has 0 unspecified atom stereocenters. The largest absolute Gasteiger partial charge is 0.427 e. The van der Waals surface area contributed by atoms with E-state index in [1.54, 1.807) is 7.11 Å². The molecule has 4 nitrogen and oxygen atoms in total. The van der Waals surface area contributed by atoms with E-state index in [-0.39, 0.29) is 5.01 Å². The molecule has 0 aliphatic heterocycles. The van der Waals surface area contributed by atoms with Gasteiger partial charge in [-0.1, -0.05) is 12.1 Å². The van der Waals surface area contributed by atoms with Crippen LogP contribution in [-0.2, 0) is 17.5 Å². The van der Waals surface area contributed by atoms with E-state index in [1.165, 1.54) is 0 Å². The Bertz CT molecular complexity index is 794. The Morgan fingerprint density at radius 2 is 2.05 bits per heavy atom. The first-order valence-electron chi connectivity index (χ1n) is 6.48. The maximum absolute atomic E-state index is 12.7. The van der Waals surface area contributed by atoms with Gasteiger partial charge in [-0.3, -0.25) is 0 Å². The van der Waals surface area contributed by atoms with Gasteiger partial charge in [0.15, 0.2) is 10.8 Å². The zero-order valence-electron chi connectivity index (χ0n) is 11.6. The lowest BCUT2D eigenvalue weighted by Gasteiger charge is -2.06. The number of para-hydroxylation sites is 2. The first-order valence-corrected chi connectivity index (χ1v) is 7.30. The van der Waals surface area contributed by atoms with Crippen LogP contribution in [0.2, 0.25) is 0 Å². The lowest BCUT2D eigenvalue weighted by Crippen LogP contribution is -2.05. The van der Waals surface area contributed by atoms with Gasteiger partial charge in [-0.2, -0.15) is 13.2 Å². The Morgan fingerprint density at radius 3 is 2.73 bits per heavy atom. The fourth-order valence-electron chi connectivity index (χ4n) is 2.16. The number of fused-ring (bicyclic) bond motifs is 1. The highest BCUT2D eigenvalue weighted by atomic mass is 32.1. The predicted octanol–water partition coefficient (Wildman–Crippen LogP) is 3.83. The molecule has 0 saturated heterocycles. The lowest BCUT2D eigenvalue weighted by atomic mass is 10.3. The Kier molecular flexibility index (Phi) is 3.88. The molecule has 0 aliphatic rings. The van der Waals surface area contributed by atoms with Crippen LogP contribution in [0.4, 0.5) is 13.2 Å². The molecule has 0 N–H and O–H groups in total. The minimum Gasteiger partial charge on any atom is -0.383 e. The van der Waals surface area contributed by atoms with Crippen molar-refractivity contribution in [2.75, 3.05) is 13.7 Å². The van der Waals surface area contributed by atoms with Crippen molar-refractivity contribution < 1.29 is 17.9 Å². The molecular formula is C14H12F3N3OS. The molecule has 8 heteroatoms. The minimum absolute atomic E-state index is 0.250. The highest BCUT2D eigenvalue weighted by molar-refractivity contribution is 7.15. The second kappa shape index (κ2) is 5.69. The Hall–Kier alpha value is -1.93. The summed E-state index contributed by atoms with van der Waals surface area (Å²) in [6.45, 7) is 0.929. The first kappa shape index (κ1) is 15.0. The van der Waals surface area contributed by atoms with Crippen molar-refractivity contribution in [1.29, 1.82) is 0 Å². The Labute approximate surface area is 128 Å². The monoisotopic (exact) mass is 327 g/mol. The van der Waals surface area contributed by atoms with E-state index in [0.29, 0.717) is 30.3 Å². The SMILES string of the molecule is COCCn1c(-c2ncc(C(F)(F)F)s2)nc2ccccc21. The van der Waals surface area contributed by atoms with E-state index in [4.69, 9.17) is 4.74 Å². The average Bonchev–Trinajstić information content (AvgIpc) is 3.09. The second-order valence-electron chi connectivity index (χ2n) is 4.60.